The zero-order valence-corrected chi connectivity index (χ0v) is 49.1. The first kappa shape index (κ1) is 78.7. The van der Waals surface area contributed by atoms with Gasteiger partial charge in [0.1, 0.15) is 11.4 Å². The summed E-state index contributed by atoms with van der Waals surface area (Å²) in [4.78, 5) is 121. The van der Waals surface area contributed by atoms with Crippen LogP contribution in [-0.4, -0.2) is 170 Å². The van der Waals surface area contributed by atoms with Crippen LogP contribution in [-0.2, 0) is 73.0 Å². The molecular formula is C63H77NO22. The van der Waals surface area contributed by atoms with Gasteiger partial charge in [0.25, 0.3) is 0 Å². The van der Waals surface area contributed by atoms with Crippen LogP contribution >= 0.6 is 0 Å². The highest BCUT2D eigenvalue weighted by atomic mass is 16.6. The third-order valence-electron chi connectivity index (χ3n) is 10.3. The van der Waals surface area contributed by atoms with E-state index in [1.807, 2.05) is 42.5 Å². The van der Waals surface area contributed by atoms with Gasteiger partial charge in [-0.2, -0.15) is 0 Å². The largest absolute Gasteiger partial charge is 0.477 e. The van der Waals surface area contributed by atoms with E-state index in [9.17, 15) is 52.7 Å². The molecule has 0 radical (unpaired) electrons. The van der Waals surface area contributed by atoms with Crippen LogP contribution in [0.5, 0.6) is 0 Å². The number of fused-ring (bicyclic) bond motifs is 2. The van der Waals surface area contributed by atoms with Gasteiger partial charge in [0.05, 0.1) is 100 Å². The molecule has 2 aliphatic rings. The number of carboxylic acids is 1. The molecule has 0 unspecified atom stereocenters. The highest BCUT2D eigenvalue weighted by Gasteiger charge is 2.22. The van der Waals surface area contributed by atoms with Crippen LogP contribution in [0, 0.1) is 0 Å². The molecule has 23 heteroatoms. The molecule has 2 aliphatic carbocycles. The second-order valence-electron chi connectivity index (χ2n) is 16.7. The Morgan fingerprint density at radius 3 is 1.53 bits per heavy atom. The van der Waals surface area contributed by atoms with Gasteiger partial charge in [-0.3, -0.25) is 38.4 Å². The number of allylic oxidation sites excluding steroid dienone is 6. The Kier molecular flexibility index (Phi) is 43.0. The van der Waals surface area contributed by atoms with Crippen LogP contribution in [0.4, 0.5) is 0 Å². The number of esters is 5. The Balaban J connectivity index is 0. The lowest BCUT2D eigenvalue weighted by atomic mass is 9.90. The lowest BCUT2D eigenvalue weighted by Gasteiger charge is -2.11. The van der Waals surface area contributed by atoms with Gasteiger partial charge in [-0.15, -0.1) is 0 Å². The van der Waals surface area contributed by atoms with Gasteiger partial charge in [-0.1, -0.05) is 92.4 Å². The van der Waals surface area contributed by atoms with E-state index in [1.165, 1.54) is 65.1 Å². The normalized spacial score (nSPS) is 11.1. The number of hydrogen-bond donors (Lipinski definition) is 3. The SMILES string of the molecule is C.CC1=CC(=O)C=CC1=O.CC1=CC(=O)c2ccccc2C1=O.COC.COC(=O)CCOCCOCCOCCO.COC(=O)Cc1ccc2ccccc2c1.COC(=O)c1cc(=O)cc(C(=O)O)[nH]1.COC(=O)c1ccccc1.COC(C)=O. The van der Waals surface area contributed by atoms with E-state index in [2.05, 4.69) is 39.5 Å². The predicted octanol–water partition coefficient (Wildman–Crippen LogP) is 7.21. The molecule has 86 heavy (non-hydrogen) atoms. The average Bonchev–Trinajstić information content (AvgIpc) is 3.71. The third-order valence-corrected chi connectivity index (χ3v) is 10.3. The standard InChI is InChI=1S/C13H12O2.C11H8O2.C10H20O6.C8H7NO5.C8H8O2.C7H6O2.C3H6O2.C2H6O.CH4/c1-15-13(14)9-10-6-7-11-4-2-3-5-12(11)8-10;1-7-6-10(12)8-4-2-3-5-9(8)11(7)13;1-13-10(12)2-4-14-6-8-16-9-7-15-5-3-11;1-14-8(13)6-3-4(10)2-5(9-6)7(11)12;1-10-8(9)7-5-3-2-4-6-7;1-5-4-6(8)2-3-7(5)9;1-3(4)5-2;1-3-2;/h2-8H,9H2,1H3;2-6H,1H3;11H,2-9H2,1H3;2-3H,1H3,(H,9,10)(H,11,12);2-6H,1H3;2-4H,1H3;1-2H3;1-2H3;1H4. The molecule has 1 aromatic heterocycles. The maximum absolute atomic E-state index is 11.5. The quantitative estimate of drug-likeness (QED) is 0.0380. The number of aromatic amines is 1. The van der Waals surface area contributed by atoms with E-state index >= 15 is 0 Å². The van der Waals surface area contributed by atoms with Crippen molar-refractivity contribution in [1.82, 2.24) is 4.98 Å². The molecule has 0 saturated carbocycles. The van der Waals surface area contributed by atoms with Crippen LogP contribution in [0.25, 0.3) is 10.8 Å². The molecule has 0 fully saturated rings. The summed E-state index contributed by atoms with van der Waals surface area (Å²) < 4.78 is 41.5. The van der Waals surface area contributed by atoms with Gasteiger partial charge >= 0.3 is 35.8 Å². The molecule has 0 amide bonds. The van der Waals surface area contributed by atoms with Gasteiger partial charge in [-0.05, 0) is 66.6 Å². The minimum Gasteiger partial charge on any atom is -0.477 e. The minimum absolute atomic E-state index is 0. The number of H-pyrrole nitrogens is 1. The number of carbonyl (C=O) groups is 10. The predicted molar refractivity (Wildman–Crippen MR) is 318 cm³/mol. The lowest BCUT2D eigenvalue weighted by Crippen LogP contribution is -2.15. The van der Waals surface area contributed by atoms with Crippen molar-refractivity contribution < 1.29 is 101 Å². The smallest absolute Gasteiger partial charge is 0.354 e. The second kappa shape index (κ2) is 47.0. The first-order valence-corrected chi connectivity index (χ1v) is 25.5. The van der Waals surface area contributed by atoms with Gasteiger partial charge in [0.2, 0.25) is 0 Å². The number of ether oxygens (including phenoxy) is 9. The molecule has 5 aromatic rings. The van der Waals surface area contributed by atoms with Crippen molar-refractivity contribution in [3.63, 3.8) is 0 Å². The highest BCUT2D eigenvalue weighted by Crippen LogP contribution is 2.20. The van der Waals surface area contributed by atoms with Crippen molar-refractivity contribution in [1.29, 1.82) is 0 Å². The number of nitrogens with one attached hydrogen (secondary N) is 1. The van der Waals surface area contributed by atoms with Crippen LogP contribution in [0.2, 0.25) is 0 Å². The van der Waals surface area contributed by atoms with E-state index in [0.29, 0.717) is 73.9 Å². The number of hydrogen-bond acceptors (Lipinski definition) is 21. The Hall–Kier alpha value is -9.39. The van der Waals surface area contributed by atoms with E-state index in [1.54, 1.807) is 76.6 Å². The molecule has 3 N–H and O–H groups in total. The summed E-state index contributed by atoms with van der Waals surface area (Å²) in [7, 11) is 9.85. The molecule has 1 heterocycles. The van der Waals surface area contributed by atoms with Crippen LogP contribution in [0.1, 0.15) is 92.2 Å². The zero-order valence-electron chi connectivity index (χ0n) is 49.1. The Morgan fingerprint density at radius 1 is 0.512 bits per heavy atom. The van der Waals surface area contributed by atoms with Crippen molar-refractivity contribution >= 4 is 69.7 Å². The van der Waals surface area contributed by atoms with Crippen molar-refractivity contribution in [2.45, 2.75) is 41.0 Å². The van der Waals surface area contributed by atoms with E-state index in [4.69, 9.17) is 24.4 Å². The molecule has 23 nitrogen and oxygen atoms in total. The number of Topliss-reactive ketones (excluding diaryl/α,β-unsaturated/α-hetero) is 1. The number of methoxy groups -OCH3 is 6. The maximum Gasteiger partial charge on any atom is 0.354 e. The summed E-state index contributed by atoms with van der Waals surface area (Å²) in [6.07, 6.45) is 5.89. The molecule has 0 aliphatic heterocycles. The number of aromatic carboxylic acids is 1. The summed E-state index contributed by atoms with van der Waals surface area (Å²) in [5.41, 5.74) is 2.54. The summed E-state index contributed by atoms with van der Waals surface area (Å²) >= 11 is 0. The van der Waals surface area contributed by atoms with Gasteiger partial charge < -0.3 is 57.8 Å². The molecule has 0 spiro atoms. The topological polar surface area (TPSA) is 327 Å². The zero-order chi connectivity index (χ0) is 64.1. The van der Waals surface area contributed by atoms with Crippen LogP contribution in [0.3, 0.4) is 0 Å². The summed E-state index contributed by atoms with van der Waals surface area (Å²) in [6, 6.07) is 31.7. The number of rotatable bonds is 16. The first-order chi connectivity index (χ1) is 40.6. The Labute approximate surface area is 499 Å². The van der Waals surface area contributed by atoms with E-state index < -0.39 is 17.4 Å². The fraction of sp³-hybridized carbons (Fsp3) is 0.317. The van der Waals surface area contributed by atoms with Crippen molar-refractivity contribution in [3.05, 3.63) is 189 Å². The maximum atomic E-state index is 11.5. The van der Waals surface area contributed by atoms with E-state index in [0.717, 1.165) is 30.2 Å². The number of aromatic nitrogens is 1. The first-order valence-electron chi connectivity index (χ1n) is 25.5. The number of aliphatic hydroxyl groups is 1. The number of carbonyl (C=O) groups excluding carboxylic acids is 9. The molecule has 0 atom stereocenters. The number of pyridine rings is 1. The molecule has 0 saturated heterocycles. The fourth-order valence-corrected chi connectivity index (χ4v) is 6.09. The molecule has 0 bridgehead atoms. The number of benzene rings is 4. The van der Waals surface area contributed by atoms with Crippen molar-refractivity contribution in [3.8, 4) is 0 Å². The number of carboxylic acid groups (broad SMARTS) is 1. The average molecular weight is 1200 g/mol. The highest BCUT2D eigenvalue weighted by molar-refractivity contribution is 6.24. The van der Waals surface area contributed by atoms with Gasteiger partial charge in [0, 0.05) is 55.5 Å². The van der Waals surface area contributed by atoms with Crippen LogP contribution in [0.15, 0.2) is 149 Å². The molecule has 4 aromatic carbocycles. The minimum atomic E-state index is -1.31. The number of aliphatic hydroxyl groups excluding tert-OH is 1. The van der Waals surface area contributed by atoms with Gasteiger partial charge in [-0.25, -0.2) is 14.4 Å². The van der Waals surface area contributed by atoms with Crippen molar-refractivity contribution in [2.24, 2.45) is 0 Å². The van der Waals surface area contributed by atoms with Gasteiger partial charge in [0.15, 0.2) is 28.6 Å². The summed E-state index contributed by atoms with van der Waals surface area (Å²) in [5, 5.41) is 19.3. The lowest BCUT2D eigenvalue weighted by molar-refractivity contribution is -0.142. The monoisotopic (exact) mass is 1200 g/mol. The molecular weight excluding hydrogens is 1120 g/mol. The second-order valence-corrected chi connectivity index (χ2v) is 16.7. The third kappa shape index (κ3) is 34.3. The Bertz CT molecular complexity index is 3100. The molecule has 7 rings (SSSR count). The van der Waals surface area contributed by atoms with Crippen LogP contribution < -0.4 is 5.43 Å². The summed E-state index contributed by atoms with van der Waals surface area (Å²) in [6.45, 7) is 7.19. The van der Waals surface area contributed by atoms with E-state index in [-0.39, 0.29) is 78.9 Å². The Morgan fingerprint density at radius 2 is 1.02 bits per heavy atom. The van der Waals surface area contributed by atoms with Crippen molar-refractivity contribution in [2.75, 3.05) is 96.0 Å². The summed E-state index contributed by atoms with van der Waals surface area (Å²) in [5.74, 6) is -3.42. The fourth-order valence-electron chi connectivity index (χ4n) is 6.09. The number of ketones is 4. The molecule has 466 valence electrons.